The first-order valence-electron chi connectivity index (χ1n) is 8.30. The van der Waals surface area contributed by atoms with Gasteiger partial charge in [-0.3, -0.25) is 4.79 Å². The predicted octanol–water partition coefficient (Wildman–Crippen LogP) is 2.99. The number of fused-ring (bicyclic) bond motifs is 1. The first-order chi connectivity index (χ1) is 12.0. The number of H-pyrrole nitrogens is 2. The number of likely N-dealkylation sites (tertiary alicyclic amines) is 1. The van der Waals surface area contributed by atoms with Crippen LogP contribution in [0.4, 0.5) is 0 Å². The highest BCUT2D eigenvalue weighted by Crippen LogP contribution is 2.34. The Hall–Kier alpha value is -2.31. The second-order valence-corrected chi connectivity index (χ2v) is 7.09. The molecule has 1 fully saturated rings. The number of amides is 1. The number of hydrogen-bond acceptors (Lipinski definition) is 3. The summed E-state index contributed by atoms with van der Waals surface area (Å²) in [7, 11) is 4.11. The average Bonchev–Trinajstić information content (AvgIpc) is 3.33. The summed E-state index contributed by atoms with van der Waals surface area (Å²) >= 11 is 6.37. The molecule has 1 atom stereocenters. The van der Waals surface area contributed by atoms with E-state index < -0.39 is 0 Å². The van der Waals surface area contributed by atoms with Crippen LogP contribution in [-0.4, -0.2) is 63.9 Å². The minimum absolute atomic E-state index is 0.0334. The maximum atomic E-state index is 12.8. The fourth-order valence-electron chi connectivity index (χ4n) is 3.46. The Morgan fingerprint density at radius 2 is 2.24 bits per heavy atom. The Morgan fingerprint density at radius 3 is 3.00 bits per heavy atom. The van der Waals surface area contributed by atoms with E-state index in [1.165, 1.54) is 0 Å². The number of nitrogens with zero attached hydrogens (tertiary/aromatic N) is 3. The molecular weight excluding hydrogens is 338 g/mol. The maximum Gasteiger partial charge on any atom is 0.270 e. The monoisotopic (exact) mass is 357 g/mol. The highest BCUT2D eigenvalue weighted by Gasteiger charge is 2.29. The molecule has 6 nitrogen and oxygen atoms in total. The van der Waals surface area contributed by atoms with Crippen LogP contribution < -0.4 is 0 Å². The first-order valence-corrected chi connectivity index (χ1v) is 8.68. The number of halogens is 1. The van der Waals surface area contributed by atoms with Gasteiger partial charge in [-0.2, -0.15) is 0 Å². The summed E-state index contributed by atoms with van der Waals surface area (Å²) in [6.45, 7) is 1.55. The average molecular weight is 358 g/mol. The Morgan fingerprint density at radius 1 is 1.40 bits per heavy atom. The van der Waals surface area contributed by atoms with Crippen molar-refractivity contribution < 1.29 is 4.79 Å². The molecule has 1 aliphatic rings. The fraction of sp³-hybridized carbons (Fsp3) is 0.333. The molecular formula is C18H20ClN5O. The van der Waals surface area contributed by atoms with Crippen LogP contribution in [0.25, 0.3) is 22.2 Å². The lowest BCUT2D eigenvalue weighted by Gasteiger charge is -2.20. The van der Waals surface area contributed by atoms with Gasteiger partial charge in [-0.1, -0.05) is 11.6 Å². The van der Waals surface area contributed by atoms with Gasteiger partial charge >= 0.3 is 0 Å². The van der Waals surface area contributed by atoms with E-state index in [9.17, 15) is 4.79 Å². The molecule has 4 rings (SSSR count). The van der Waals surface area contributed by atoms with Crippen LogP contribution in [-0.2, 0) is 0 Å². The molecule has 0 aliphatic carbocycles. The third-order valence-corrected chi connectivity index (χ3v) is 5.21. The molecule has 1 amide bonds. The molecule has 0 spiro atoms. The minimum Gasteiger partial charge on any atom is -0.357 e. The van der Waals surface area contributed by atoms with Crippen LogP contribution >= 0.6 is 11.6 Å². The van der Waals surface area contributed by atoms with Gasteiger partial charge < -0.3 is 19.8 Å². The van der Waals surface area contributed by atoms with Crippen LogP contribution in [0.1, 0.15) is 16.9 Å². The van der Waals surface area contributed by atoms with Gasteiger partial charge in [0.1, 0.15) is 11.3 Å². The van der Waals surface area contributed by atoms with Crippen molar-refractivity contribution in [1.82, 2.24) is 24.8 Å². The van der Waals surface area contributed by atoms with E-state index in [0.29, 0.717) is 16.8 Å². The van der Waals surface area contributed by atoms with Gasteiger partial charge in [0.15, 0.2) is 0 Å². The summed E-state index contributed by atoms with van der Waals surface area (Å²) in [5.41, 5.74) is 3.15. The summed E-state index contributed by atoms with van der Waals surface area (Å²) in [4.78, 5) is 27.3. The van der Waals surface area contributed by atoms with Gasteiger partial charge in [-0.05, 0) is 32.6 Å². The van der Waals surface area contributed by atoms with Crippen LogP contribution in [0, 0.1) is 0 Å². The van der Waals surface area contributed by atoms with Crippen LogP contribution in [0.3, 0.4) is 0 Å². The van der Waals surface area contributed by atoms with Gasteiger partial charge in [0.05, 0.1) is 5.02 Å². The molecule has 1 aliphatic heterocycles. The molecule has 0 saturated carbocycles. The van der Waals surface area contributed by atoms with E-state index >= 15 is 0 Å². The van der Waals surface area contributed by atoms with Gasteiger partial charge in [0.2, 0.25) is 0 Å². The lowest BCUT2D eigenvalue weighted by Crippen LogP contribution is -2.34. The normalized spacial score (nSPS) is 17.8. The van der Waals surface area contributed by atoms with E-state index in [4.69, 9.17) is 11.6 Å². The quantitative estimate of drug-likeness (QED) is 0.757. The van der Waals surface area contributed by atoms with Gasteiger partial charge in [-0.15, -0.1) is 0 Å². The van der Waals surface area contributed by atoms with Crippen molar-refractivity contribution in [3.05, 3.63) is 41.4 Å². The summed E-state index contributed by atoms with van der Waals surface area (Å²) in [6, 6.07) is 4.24. The summed E-state index contributed by atoms with van der Waals surface area (Å²) < 4.78 is 0. The Balaban J connectivity index is 1.63. The number of rotatable bonds is 3. The summed E-state index contributed by atoms with van der Waals surface area (Å²) in [5, 5.41) is 1.51. The summed E-state index contributed by atoms with van der Waals surface area (Å²) in [6.07, 6.45) is 6.31. The standard InChI is InChI=1S/C18H20ClN5O/c1-23(2)12-4-6-24(10-12)18(25)15-7-11(8-21-15)16-13-3-5-20-17(13)22-9-14(16)19/h3,5,7-9,12,21H,4,6,10H2,1-2H3,(H,20,22). The number of carbonyl (C=O) groups excluding carboxylic acids is 1. The number of carbonyl (C=O) groups is 1. The molecule has 3 aromatic heterocycles. The smallest absolute Gasteiger partial charge is 0.270 e. The number of pyridine rings is 1. The van der Waals surface area contributed by atoms with Crippen LogP contribution in [0.5, 0.6) is 0 Å². The van der Waals surface area contributed by atoms with Crippen molar-refractivity contribution in [3.63, 3.8) is 0 Å². The molecule has 0 radical (unpaired) electrons. The molecule has 1 saturated heterocycles. The van der Waals surface area contributed by atoms with Crippen molar-refractivity contribution in [2.75, 3.05) is 27.2 Å². The second-order valence-electron chi connectivity index (χ2n) is 6.68. The highest BCUT2D eigenvalue weighted by molar-refractivity contribution is 6.34. The molecule has 25 heavy (non-hydrogen) atoms. The second kappa shape index (κ2) is 6.20. The molecule has 7 heteroatoms. The zero-order valence-electron chi connectivity index (χ0n) is 14.2. The van der Waals surface area contributed by atoms with E-state index in [2.05, 4.69) is 33.9 Å². The van der Waals surface area contributed by atoms with Crippen molar-refractivity contribution >= 4 is 28.5 Å². The highest BCUT2D eigenvalue weighted by atomic mass is 35.5. The number of nitrogens with one attached hydrogen (secondary N) is 2. The third kappa shape index (κ3) is 2.81. The lowest BCUT2D eigenvalue weighted by molar-refractivity contribution is 0.0778. The number of hydrogen-bond donors (Lipinski definition) is 2. The first kappa shape index (κ1) is 16.2. The van der Waals surface area contributed by atoms with Crippen molar-refractivity contribution in [3.8, 4) is 11.1 Å². The van der Waals surface area contributed by atoms with E-state index in [-0.39, 0.29) is 5.91 Å². The van der Waals surface area contributed by atoms with E-state index in [0.717, 1.165) is 41.7 Å². The molecule has 1 unspecified atom stereocenters. The van der Waals surface area contributed by atoms with Crippen LogP contribution in [0.15, 0.2) is 30.7 Å². The predicted molar refractivity (Wildman–Crippen MR) is 98.9 cm³/mol. The molecule has 2 N–H and O–H groups in total. The minimum atomic E-state index is 0.0334. The number of likely N-dealkylation sites (N-methyl/N-ethyl adjacent to an activating group) is 1. The molecule has 0 aromatic carbocycles. The zero-order valence-corrected chi connectivity index (χ0v) is 15.0. The van der Waals surface area contributed by atoms with Gasteiger partial charge in [0.25, 0.3) is 5.91 Å². The zero-order chi connectivity index (χ0) is 17.6. The van der Waals surface area contributed by atoms with Crippen LogP contribution in [0.2, 0.25) is 5.02 Å². The fourth-order valence-corrected chi connectivity index (χ4v) is 3.72. The van der Waals surface area contributed by atoms with Gasteiger partial charge in [0, 0.05) is 54.2 Å². The van der Waals surface area contributed by atoms with Crippen molar-refractivity contribution in [2.45, 2.75) is 12.5 Å². The van der Waals surface area contributed by atoms with Crippen molar-refractivity contribution in [1.29, 1.82) is 0 Å². The Bertz CT molecular complexity index is 929. The number of aromatic nitrogens is 3. The Labute approximate surface area is 150 Å². The van der Waals surface area contributed by atoms with E-state index in [1.54, 1.807) is 6.20 Å². The molecule has 130 valence electrons. The Kier molecular flexibility index (Phi) is 4.01. The topological polar surface area (TPSA) is 68.0 Å². The number of aromatic amines is 2. The molecule has 3 aromatic rings. The van der Waals surface area contributed by atoms with Gasteiger partial charge in [-0.25, -0.2) is 4.98 Å². The SMILES string of the molecule is CN(C)C1CCN(C(=O)c2cc(-c3c(Cl)cnc4[nH]ccc34)c[nH]2)C1. The molecule has 0 bridgehead atoms. The largest absolute Gasteiger partial charge is 0.357 e. The van der Waals surface area contributed by atoms with E-state index in [1.807, 2.05) is 29.4 Å². The molecule has 4 heterocycles. The lowest BCUT2D eigenvalue weighted by atomic mass is 10.1. The third-order valence-electron chi connectivity index (χ3n) is 4.92. The van der Waals surface area contributed by atoms with Crippen molar-refractivity contribution in [2.24, 2.45) is 0 Å². The maximum absolute atomic E-state index is 12.8. The summed E-state index contributed by atoms with van der Waals surface area (Å²) in [5.74, 6) is 0.0334.